The number of hydrogen-bond donors (Lipinski definition) is 2. The molecule has 18 heavy (non-hydrogen) atoms. The predicted molar refractivity (Wildman–Crippen MR) is 68.5 cm³/mol. The maximum Gasteiger partial charge on any atom is 0.279 e. The third kappa shape index (κ3) is 4.85. The highest BCUT2D eigenvalue weighted by molar-refractivity contribution is 5.91. The van der Waals surface area contributed by atoms with Gasteiger partial charge in [-0.2, -0.15) is 5.26 Å². The summed E-state index contributed by atoms with van der Waals surface area (Å²) in [7, 11) is 3.49. The number of likely N-dealkylation sites (N-methyl/N-ethyl adjacent to an activating group) is 1. The molecule has 0 aliphatic rings. The Morgan fingerprint density at radius 1 is 1.44 bits per heavy atom. The van der Waals surface area contributed by atoms with Crippen LogP contribution in [0.25, 0.3) is 0 Å². The van der Waals surface area contributed by atoms with Crippen LogP contribution in [0, 0.1) is 11.3 Å². The van der Waals surface area contributed by atoms with Crippen LogP contribution in [-0.2, 0) is 4.79 Å². The largest absolute Gasteiger partial charge is 0.497 e. The second-order valence-electron chi connectivity index (χ2n) is 4.07. The van der Waals surface area contributed by atoms with Gasteiger partial charge in [0.25, 0.3) is 5.91 Å². The molecule has 0 spiro atoms. The van der Waals surface area contributed by atoms with E-state index in [9.17, 15) is 4.79 Å². The lowest BCUT2D eigenvalue weighted by Crippen LogP contribution is -3.10. The van der Waals surface area contributed by atoms with Crippen molar-refractivity contribution >= 4 is 11.6 Å². The number of amides is 1. The Morgan fingerprint density at radius 3 is 2.67 bits per heavy atom. The topological polar surface area (TPSA) is 66.6 Å². The van der Waals surface area contributed by atoms with Gasteiger partial charge in [-0.1, -0.05) is 0 Å². The van der Waals surface area contributed by atoms with Gasteiger partial charge in [0.15, 0.2) is 6.54 Å². The summed E-state index contributed by atoms with van der Waals surface area (Å²) in [6.07, 6.45) is 0.460. The van der Waals surface area contributed by atoms with Crippen LogP contribution in [0.1, 0.15) is 6.42 Å². The quantitative estimate of drug-likeness (QED) is 0.748. The highest BCUT2D eigenvalue weighted by Gasteiger charge is 2.09. The minimum atomic E-state index is -0.0596. The fraction of sp³-hybridized carbons (Fsp3) is 0.385. The molecule has 1 aromatic carbocycles. The zero-order valence-corrected chi connectivity index (χ0v) is 10.7. The molecule has 1 atom stereocenters. The molecule has 0 saturated heterocycles. The Hall–Kier alpha value is -2.06. The van der Waals surface area contributed by atoms with Crippen LogP contribution in [-0.4, -0.2) is 33.2 Å². The molecule has 5 heteroatoms. The van der Waals surface area contributed by atoms with Crippen molar-refractivity contribution < 1.29 is 14.4 Å². The summed E-state index contributed by atoms with van der Waals surface area (Å²) in [5.41, 5.74) is 0.744. The van der Waals surface area contributed by atoms with Crippen molar-refractivity contribution in [1.29, 1.82) is 5.26 Å². The lowest BCUT2D eigenvalue weighted by Gasteiger charge is -2.12. The third-order valence-corrected chi connectivity index (χ3v) is 2.50. The van der Waals surface area contributed by atoms with Crippen molar-refractivity contribution in [3.8, 4) is 11.8 Å². The van der Waals surface area contributed by atoms with Crippen molar-refractivity contribution in [2.45, 2.75) is 6.42 Å². The van der Waals surface area contributed by atoms with Crippen molar-refractivity contribution in [1.82, 2.24) is 0 Å². The van der Waals surface area contributed by atoms with E-state index >= 15 is 0 Å². The van der Waals surface area contributed by atoms with E-state index in [0.717, 1.165) is 16.3 Å². The van der Waals surface area contributed by atoms with Crippen molar-refractivity contribution in [2.24, 2.45) is 0 Å². The lowest BCUT2D eigenvalue weighted by molar-refractivity contribution is -0.870. The van der Waals surface area contributed by atoms with Gasteiger partial charge >= 0.3 is 0 Å². The first-order valence-electron chi connectivity index (χ1n) is 5.78. The summed E-state index contributed by atoms with van der Waals surface area (Å²) in [5.74, 6) is 0.695. The van der Waals surface area contributed by atoms with Gasteiger partial charge < -0.3 is 15.0 Å². The summed E-state index contributed by atoms with van der Waals surface area (Å²) >= 11 is 0. The normalized spacial score (nSPS) is 11.4. The third-order valence-electron chi connectivity index (χ3n) is 2.50. The number of anilines is 1. The number of nitrogens with one attached hydrogen (secondary N) is 2. The number of quaternary nitrogens is 1. The zero-order chi connectivity index (χ0) is 13.4. The molecular formula is C13H18N3O2+. The van der Waals surface area contributed by atoms with Gasteiger partial charge in [-0.3, -0.25) is 4.79 Å². The van der Waals surface area contributed by atoms with Gasteiger partial charge in [-0.15, -0.1) is 0 Å². The second-order valence-corrected chi connectivity index (χ2v) is 4.07. The monoisotopic (exact) mass is 248 g/mol. The smallest absolute Gasteiger partial charge is 0.279 e. The molecule has 0 aliphatic heterocycles. The SMILES string of the molecule is COc1ccc(NC(=O)C[NH+](C)CCC#N)cc1. The van der Waals surface area contributed by atoms with Crippen LogP contribution >= 0.6 is 0 Å². The fourth-order valence-electron chi connectivity index (χ4n) is 1.51. The minimum Gasteiger partial charge on any atom is -0.497 e. The van der Waals surface area contributed by atoms with Crippen LogP contribution in [0.3, 0.4) is 0 Å². The van der Waals surface area contributed by atoms with E-state index in [-0.39, 0.29) is 5.91 Å². The van der Waals surface area contributed by atoms with E-state index < -0.39 is 0 Å². The number of nitriles is 1. The Kier molecular flexibility index (Phi) is 5.68. The Morgan fingerprint density at radius 2 is 2.11 bits per heavy atom. The van der Waals surface area contributed by atoms with Gasteiger partial charge in [0.2, 0.25) is 0 Å². The van der Waals surface area contributed by atoms with E-state index in [2.05, 4.69) is 11.4 Å². The molecule has 96 valence electrons. The van der Waals surface area contributed by atoms with E-state index in [1.165, 1.54) is 0 Å². The maximum atomic E-state index is 11.7. The number of hydrogen-bond acceptors (Lipinski definition) is 3. The van der Waals surface area contributed by atoms with Crippen molar-refractivity contribution in [3.63, 3.8) is 0 Å². The Balaban J connectivity index is 2.41. The molecule has 1 unspecified atom stereocenters. The predicted octanol–water partition coefficient (Wildman–Crippen LogP) is 0.0621. The average molecular weight is 248 g/mol. The Bertz CT molecular complexity index is 423. The average Bonchev–Trinajstić information content (AvgIpc) is 2.37. The number of benzene rings is 1. The van der Waals surface area contributed by atoms with Crippen LogP contribution in [0.5, 0.6) is 5.75 Å². The molecule has 1 amide bonds. The highest BCUT2D eigenvalue weighted by Crippen LogP contribution is 2.14. The summed E-state index contributed by atoms with van der Waals surface area (Å²) < 4.78 is 5.04. The summed E-state index contributed by atoms with van der Waals surface area (Å²) in [4.78, 5) is 12.7. The molecular weight excluding hydrogens is 230 g/mol. The molecule has 2 N–H and O–H groups in total. The summed E-state index contributed by atoms with van der Waals surface area (Å²) in [6, 6.07) is 9.24. The van der Waals surface area contributed by atoms with Crippen LogP contribution in [0.15, 0.2) is 24.3 Å². The standard InChI is InChI=1S/C13H17N3O2/c1-16(9-3-8-14)10-13(17)15-11-4-6-12(18-2)7-5-11/h4-7H,3,9-10H2,1-2H3,(H,15,17)/p+1. The van der Waals surface area contributed by atoms with Crippen LogP contribution < -0.4 is 15.0 Å². The van der Waals surface area contributed by atoms with Gasteiger partial charge in [0, 0.05) is 5.69 Å². The summed E-state index contributed by atoms with van der Waals surface area (Å²) in [5, 5.41) is 11.3. The molecule has 0 aliphatic carbocycles. The fourth-order valence-corrected chi connectivity index (χ4v) is 1.51. The van der Waals surface area contributed by atoms with E-state index in [4.69, 9.17) is 10.00 Å². The second kappa shape index (κ2) is 7.30. The first-order valence-corrected chi connectivity index (χ1v) is 5.78. The van der Waals surface area contributed by atoms with Crippen molar-refractivity contribution in [3.05, 3.63) is 24.3 Å². The Labute approximate surface area is 107 Å². The highest BCUT2D eigenvalue weighted by atomic mass is 16.5. The number of methoxy groups -OCH3 is 1. The number of ether oxygens (including phenoxy) is 1. The lowest BCUT2D eigenvalue weighted by atomic mass is 10.3. The number of nitrogens with zero attached hydrogens (tertiary/aromatic N) is 1. The number of rotatable bonds is 6. The molecule has 0 fully saturated rings. The van der Waals surface area contributed by atoms with E-state index in [1.54, 1.807) is 31.4 Å². The zero-order valence-electron chi connectivity index (χ0n) is 10.7. The minimum absolute atomic E-state index is 0.0596. The summed E-state index contributed by atoms with van der Waals surface area (Å²) in [6.45, 7) is 1.03. The van der Waals surface area contributed by atoms with Crippen LogP contribution in [0.2, 0.25) is 0 Å². The maximum absolute atomic E-state index is 11.7. The molecule has 0 bridgehead atoms. The van der Waals surface area contributed by atoms with E-state index in [0.29, 0.717) is 19.5 Å². The molecule has 1 aromatic rings. The first kappa shape index (κ1) is 14.0. The van der Waals surface area contributed by atoms with Gasteiger partial charge in [0.05, 0.1) is 33.2 Å². The number of carbonyl (C=O) groups is 1. The number of carbonyl (C=O) groups excluding carboxylic acids is 1. The molecule has 0 saturated carbocycles. The first-order chi connectivity index (χ1) is 8.65. The van der Waals surface area contributed by atoms with Gasteiger partial charge in [-0.05, 0) is 24.3 Å². The van der Waals surface area contributed by atoms with Crippen molar-refractivity contribution in [2.75, 3.05) is 32.6 Å². The van der Waals surface area contributed by atoms with Crippen LogP contribution in [0.4, 0.5) is 5.69 Å². The molecule has 1 rings (SSSR count). The van der Waals surface area contributed by atoms with Gasteiger partial charge in [-0.25, -0.2) is 0 Å². The molecule has 0 heterocycles. The molecule has 0 radical (unpaired) electrons. The molecule has 0 aromatic heterocycles. The molecule has 5 nitrogen and oxygen atoms in total. The van der Waals surface area contributed by atoms with E-state index in [1.807, 2.05) is 7.05 Å². The van der Waals surface area contributed by atoms with Gasteiger partial charge in [0.1, 0.15) is 5.75 Å².